The molecule has 4 nitrogen and oxygen atoms in total. The molecular weight excluding hydrogens is 204 g/mol. The summed E-state index contributed by atoms with van der Waals surface area (Å²) in [7, 11) is 0. The summed E-state index contributed by atoms with van der Waals surface area (Å²) in [4.78, 5) is 11.5. The van der Waals surface area contributed by atoms with Crippen LogP contribution in [0.4, 0.5) is 5.69 Å². The summed E-state index contributed by atoms with van der Waals surface area (Å²) < 4.78 is 0. The third kappa shape index (κ3) is 2.81. The second kappa shape index (κ2) is 4.33. The van der Waals surface area contributed by atoms with Crippen molar-refractivity contribution in [1.82, 2.24) is 0 Å². The van der Waals surface area contributed by atoms with Gasteiger partial charge in [-0.1, -0.05) is 6.07 Å². The fourth-order valence-electron chi connectivity index (χ4n) is 1.10. The number of nitrogens with one attached hydrogen (secondary N) is 1. The van der Waals surface area contributed by atoms with Crippen LogP contribution < -0.4 is 5.32 Å². The molecule has 1 aromatic rings. The molecule has 0 fully saturated rings. The number of benzene rings is 1. The molecule has 0 aromatic heterocycles. The van der Waals surface area contributed by atoms with Crippen molar-refractivity contribution >= 4 is 11.6 Å². The van der Waals surface area contributed by atoms with Gasteiger partial charge in [0.2, 0.25) is 0 Å². The minimum Gasteiger partial charge on any atom is -0.381 e. The van der Waals surface area contributed by atoms with Crippen LogP contribution in [0, 0.1) is 18.3 Å². The number of nitriles is 1. The Morgan fingerprint density at radius 3 is 2.62 bits per heavy atom. The summed E-state index contributed by atoms with van der Waals surface area (Å²) in [6.45, 7) is 4.64. The maximum Gasteiger partial charge on any atom is 0.255 e. The van der Waals surface area contributed by atoms with Crippen LogP contribution in [0.2, 0.25) is 0 Å². The molecule has 0 unspecified atom stereocenters. The highest BCUT2D eigenvalue weighted by molar-refractivity contribution is 5.97. The number of amides is 1. The molecule has 0 radical (unpaired) electrons. The van der Waals surface area contributed by atoms with Gasteiger partial charge in [0.25, 0.3) is 5.91 Å². The lowest BCUT2D eigenvalue weighted by Crippen LogP contribution is -2.36. The number of anilines is 1. The molecule has 16 heavy (non-hydrogen) atoms. The summed E-state index contributed by atoms with van der Waals surface area (Å²) in [6, 6.07) is 7.00. The smallest absolute Gasteiger partial charge is 0.255 e. The Balaban J connectivity index is 2.98. The highest BCUT2D eigenvalue weighted by Gasteiger charge is 2.24. The van der Waals surface area contributed by atoms with E-state index >= 15 is 0 Å². The fourth-order valence-corrected chi connectivity index (χ4v) is 1.10. The molecule has 2 N–H and O–H groups in total. The molecule has 1 amide bonds. The number of hydrogen-bond donors (Lipinski definition) is 2. The van der Waals surface area contributed by atoms with Gasteiger partial charge in [0.1, 0.15) is 5.60 Å². The molecule has 0 aliphatic heterocycles. The molecule has 1 rings (SSSR count). The van der Waals surface area contributed by atoms with E-state index in [1.165, 1.54) is 13.8 Å². The van der Waals surface area contributed by atoms with Gasteiger partial charge in [0, 0.05) is 5.69 Å². The van der Waals surface area contributed by atoms with E-state index in [4.69, 9.17) is 5.26 Å². The molecule has 0 bridgehead atoms. The Morgan fingerprint density at radius 2 is 2.12 bits per heavy atom. The van der Waals surface area contributed by atoms with E-state index in [9.17, 15) is 9.90 Å². The molecular formula is C12H14N2O2. The van der Waals surface area contributed by atoms with Crippen molar-refractivity contribution in [3.05, 3.63) is 29.3 Å². The van der Waals surface area contributed by atoms with Gasteiger partial charge in [0.15, 0.2) is 0 Å². The van der Waals surface area contributed by atoms with Crippen molar-refractivity contribution in [3.8, 4) is 6.07 Å². The molecule has 0 spiro atoms. The van der Waals surface area contributed by atoms with Crippen molar-refractivity contribution in [2.45, 2.75) is 26.4 Å². The minimum absolute atomic E-state index is 0.469. The Bertz CT molecular complexity index is 453. The van der Waals surface area contributed by atoms with E-state index < -0.39 is 11.5 Å². The van der Waals surface area contributed by atoms with E-state index in [1.807, 2.05) is 13.0 Å². The van der Waals surface area contributed by atoms with Crippen LogP contribution in [-0.2, 0) is 4.79 Å². The first-order chi connectivity index (χ1) is 7.34. The topological polar surface area (TPSA) is 73.1 Å². The molecule has 0 saturated heterocycles. The Morgan fingerprint density at radius 1 is 1.50 bits per heavy atom. The van der Waals surface area contributed by atoms with Crippen LogP contribution in [0.15, 0.2) is 18.2 Å². The predicted molar refractivity (Wildman–Crippen MR) is 60.8 cm³/mol. The highest BCUT2D eigenvalue weighted by atomic mass is 16.3. The van der Waals surface area contributed by atoms with Gasteiger partial charge in [-0.2, -0.15) is 5.26 Å². The van der Waals surface area contributed by atoms with E-state index in [-0.39, 0.29) is 0 Å². The second-order valence-corrected chi connectivity index (χ2v) is 4.15. The maximum atomic E-state index is 11.5. The first kappa shape index (κ1) is 12.2. The van der Waals surface area contributed by atoms with Crippen LogP contribution in [0.5, 0.6) is 0 Å². The van der Waals surface area contributed by atoms with Gasteiger partial charge in [-0.25, -0.2) is 0 Å². The maximum absolute atomic E-state index is 11.5. The minimum atomic E-state index is -1.44. The van der Waals surface area contributed by atoms with Crippen molar-refractivity contribution in [1.29, 1.82) is 5.26 Å². The van der Waals surface area contributed by atoms with Crippen LogP contribution in [0.3, 0.4) is 0 Å². The summed E-state index contributed by atoms with van der Waals surface area (Å²) in [5.74, 6) is -0.495. The summed E-state index contributed by atoms with van der Waals surface area (Å²) in [5, 5.41) is 20.8. The number of carbonyl (C=O) groups is 1. The normalized spacial score (nSPS) is 10.7. The highest BCUT2D eigenvalue weighted by Crippen LogP contribution is 2.18. The SMILES string of the molecule is Cc1ccc(C#N)cc1NC(=O)C(C)(C)O. The van der Waals surface area contributed by atoms with E-state index in [0.717, 1.165) is 5.56 Å². The largest absolute Gasteiger partial charge is 0.381 e. The number of rotatable bonds is 2. The molecule has 84 valence electrons. The number of nitrogens with zero attached hydrogens (tertiary/aromatic N) is 1. The molecule has 1 aromatic carbocycles. The zero-order chi connectivity index (χ0) is 12.3. The van der Waals surface area contributed by atoms with Gasteiger partial charge < -0.3 is 10.4 Å². The Labute approximate surface area is 94.5 Å². The van der Waals surface area contributed by atoms with Crippen molar-refractivity contribution in [3.63, 3.8) is 0 Å². The van der Waals surface area contributed by atoms with Gasteiger partial charge >= 0.3 is 0 Å². The fraction of sp³-hybridized carbons (Fsp3) is 0.333. The summed E-state index contributed by atoms with van der Waals surface area (Å²) >= 11 is 0. The van der Waals surface area contributed by atoms with Crippen LogP contribution in [0.1, 0.15) is 25.0 Å². The van der Waals surface area contributed by atoms with Crippen molar-refractivity contribution < 1.29 is 9.90 Å². The number of hydrogen-bond acceptors (Lipinski definition) is 3. The van der Waals surface area contributed by atoms with Crippen LogP contribution in [-0.4, -0.2) is 16.6 Å². The van der Waals surface area contributed by atoms with Gasteiger partial charge in [-0.05, 0) is 38.5 Å². The van der Waals surface area contributed by atoms with E-state index in [1.54, 1.807) is 18.2 Å². The zero-order valence-electron chi connectivity index (χ0n) is 9.53. The average Bonchev–Trinajstić information content (AvgIpc) is 2.19. The number of carbonyl (C=O) groups excluding carboxylic acids is 1. The molecule has 0 aliphatic carbocycles. The summed E-state index contributed by atoms with van der Waals surface area (Å²) in [6.07, 6.45) is 0. The molecule has 4 heteroatoms. The second-order valence-electron chi connectivity index (χ2n) is 4.15. The Kier molecular flexibility index (Phi) is 3.31. The van der Waals surface area contributed by atoms with Gasteiger partial charge in [-0.3, -0.25) is 4.79 Å². The third-order valence-corrected chi connectivity index (χ3v) is 2.17. The Hall–Kier alpha value is -1.86. The van der Waals surface area contributed by atoms with Crippen LogP contribution in [0.25, 0.3) is 0 Å². The number of aliphatic hydroxyl groups is 1. The zero-order valence-corrected chi connectivity index (χ0v) is 9.53. The summed E-state index contributed by atoms with van der Waals surface area (Å²) in [5.41, 5.74) is 0.425. The van der Waals surface area contributed by atoms with E-state index in [2.05, 4.69) is 5.32 Å². The third-order valence-electron chi connectivity index (χ3n) is 2.17. The van der Waals surface area contributed by atoms with Crippen LogP contribution >= 0.6 is 0 Å². The lowest BCUT2D eigenvalue weighted by atomic mass is 10.1. The van der Waals surface area contributed by atoms with Crippen molar-refractivity contribution in [2.75, 3.05) is 5.32 Å². The predicted octanol–water partition coefficient (Wildman–Crippen LogP) is 1.58. The van der Waals surface area contributed by atoms with Gasteiger partial charge in [-0.15, -0.1) is 0 Å². The standard InChI is InChI=1S/C12H14N2O2/c1-8-4-5-9(7-13)6-10(8)14-11(15)12(2,3)16/h4-6,16H,1-3H3,(H,14,15). The average molecular weight is 218 g/mol. The molecule has 0 saturated carbocycles. The first-order valence-corrected chi connectivity index (χ1v) is 4.89. The molecule has 0 aliphatic rings. The quantitative estimate of drug-likeness (QED) is 0.791. The lowest BCUT2D eigenvalue weighted by molar-refractivity contribution is -0.130. The van der Waals surface area contributed by atoms with Crippen molar-refractivity contribution in [2.24, 2.45) is 0 Å². The lowest BCUT2D eigenvalue weighted by Gasteiger charge is -2.17. The number of aryl methyl sites for hydroxylation is 1. The van der Waals surface area contributed by atoms with Gasteiger partial charge in [0.05, 0.1) is 11.6 Å². The molecule has 0 heterocycles. The first-order valence-electron chi connectivity index (χ1n) is 4.89. The molecule has 0 atom stereocenters. The monoisotopic (exact) mass is 218 g/mol. The van der Waals surface area contributed by atoms with E-state index in [0.29, 0.717) is 11.3 Å².